The van der Waals surface area contributed by atoms with Crippen molar-refractivity contribution >= 4 is 33.2 Å². The summed E-state index contributed by atoms with van der Waals surface area (Å²) in [5.41, 5.74) is 1.15. The molecule has 0 saturated heterocycles. The second-order valence-corrected chi connectivity index (χ2v) is 7.78. The lowest BCUT2D eigenvalue weighted by Crippen LogP contribution is -2.50. The van der Waals surface area contributed by atoms with E-state index in [1.54, 1.807) is 32.0 Å². The molecule has 0 aliphatic carbocycles. The fourth-order valence-electron chi connectivity index (χ4n) is 2.07. The van der Waals surface area contributed by atoms with Gasteiger partial charge < -0.3 is 5.32 Å². The zero-order valence-corrected chi connectivity index (χ0v) is 15.1. The third-order valence-electron chi connectivity index (χ3n) is 3.50. The van der Waals surface area contributed by atoms with Crippen LogP contribution in [-0.4, -0.2) is 32.7 Å². The Hall–Kier alpha value is -1.27. The second-order valence-electron chi connectivity index (χ2n) is 5.48. The molecule has 0 heterocycles. The number of benzene rings is 1. The number of halogens is 1. The van der Waals surface area contributed by atoms with Gasteiger partial charge in [0.1, 0.15) is 6.04 Å². The highest BCUT2D eigenvalue weighted by Gasteiger charge is 2.30. The standard InChI is InChI=1S/C15H23ClN2O3S/c1-6-11(3)17-15(19)12(4)18(22(5,20)21)14-9-13(16)8-7-10(14)2/h7-9,11-12H,6H2,1-5H3,(H,17,19)/t11-,12-/m1/s1. The summed E-state index contributed by atoms with van der Waals surface area (Å²) in [6.07, 6.45) is 1.86. The summed E-state index contributed by atoms with van der Waals surface area (Å²) in [4.78, 5) is 12.3. The summed E-state index contributed by atoms with van der Waals surface area (Å²) >= 11 is 5.98. The molecule has 22 heavy (non-hydrogen) atoms. The molecular formula is C15H23ClN2O3S. The van der Waals surface area contributed by atoms with Crippen molar-refractivity contribution in [2.24, 2.45) is 0 Å². The lowest BCUT2D eigenvalue weighted by atomic mass is 10.1. The first kappa shape index (κ1) is 18.8. The largest absolute Gasteiger partial charge is 0.352 e. The molecule has 1 aromatic rings. The minimum absolute atomic E-state index is 0.0168. The maximum atomic E-state index is 12.3. The van der Waals surface area contributed by atoms with E-state index in [4.69, 9.17) is 11.6 Å². The molecule has 0 radical (unpaired) electrons. The monoisotopic (exact) mass is 346 g/mol. The Morgan fingerprint density at radius 1 is 1.36 bits per heavy atom. The van der Waals surface area contributed by atoms with Crippen molar-refractivity contribution in [2.45, 2.75) is 46.2 Å². The van der Waals surface area contributed by atoms with Crippen molar-refractivity contribution < 1.29 is 13.2 Å². The Balaban J connectivity index is 3.25. The quantitative estimate of drug-likeness (QED) is 0.861. The average Bonchev–Trinajstić information content (AvgIpc) is 2.41. The number of amides is 1. The van der Waals surface area contributed by atoms with Crippen LogP contribution in [0.2, 0.25) is 5.02 Å². The highest BCUT2D eigenvalue weighted by Crippen LogP contribution is 2.28. The number of anilines is 1. The highest BCUT2D eigenvalue weighted by atomic mass is 35.5. The van der Waals surface area contributed by atoms with Crippen molar-refractivity contribution in [2.75, 3.05) is 10.6 Å². The lowest BCUT2D eigenvalue weighted by Gasteiger charge is -2.30. The maximum absolute atomic E-state index is 12.3. The number of rotatable bonds is 6. The molecule has 0 aliphatic rings. The lowest BCUT2D eigenvalue weighted by molar-refractivity contribution is -0.122. The minimum Gasteiger partial charge on any atom is -0.352 e. The molecule has 0 bridgehead atoms. The molecule has 1 aromatic carbocycles. The van der Waals surface area contributed by atoms with E-state index in [0.717, 1.165) is 22.5 Å². The van der Waals surface area contributed by atoms with E-state index in [9.17, 15) is 13.2 Å². The van der Waals surface area contributed by atoms with E-state index >= 15 is 0 Å². The van der Waals surface area contributed by atoms with E-state index in [1.807, 2.05) is 13.8 Å². The normalized spacial score (nSPS) is 14.3. The number of carbonyl (C=O) groups excluding carboxylic acids is 1. The Morgan fingerprint density at radius 3 is 2.45 bits per heavy atom. The van der Waals surface area contributed by atoms with E-state index in [-0.39, 0.29) is 11.9 Å². The van der Waals surface area contributed by atoms with Gasteiger partial charge in [-0.05, 0) is 44.9 Å². The van der Waals surface area contributed by atoms with Gasteiger partial charge in [0.05, 0.1) is 11.9 Å². The van der Waals surface area contributed by atoms with Gasteiger partial charge in [-0.2, -0.15) is 0 Å². The first-order chi connectivity index (χ1) is 10.1. The number of aryl methyl sites for hydroxylation is 1. The summed E-state index contributed by atoms with van der Waals surface area (Å²) in [6.45, 7) is 7.17. The van der Waals surface area contributed by atoms with Gasteiger partial charge in [0.15, 0.2) is 0 Å². The van der Waals surface area contributed by atoms with Crippen LogP contribution in [-0.2, 0) is 14.8 Å². The molecular weight excluding hydrogens is 324 g/mol. The number of sulfonamides is 1. The van der Waals surface area contributed by atoms with E-state index in [1.165, 1.54) is 0 Å². The zero-order valence-electron chi connectivity index (χ0n) is 13.6. The summed E-state index contributed by atoms with van der Waals surface area (Å²) in [7, 11) is -3.63. The zero-order chi connectivity index (χ0) is 17.1. The van der Waals surface area contributed by atoms with Gasteiger partial charge in [-0.15, -0.1) is 0 Å². The van der Waals surface area contributed by atoms with Crippen molar-refractivity contribution in [3.05, 3.63) is 28.8 Å². The summed E-state index contributed by atoms with van der Waals surface area (Å²) in [5.74, 6) is -0.334. The molecule has 1 N–H and O–H groups in total. The minimum atomic E-state index is -3.63. The molecule has 5 nitrogen and oxygen atoms in total. The van der Waals surface area contributed by atoms with Crippen LogP contribution in [0.15, 0.2) is 18.2 Å². The number of nitrogens with one attached hydrogen (secondary N) is 1. The van der Waals surface area contributed by atoms with Gasteiger partial charge in [0.2, 0.25) is 15.9 Å². The van der Waals surface area contributed by atoms with Crippen LogP contribution in [0.3, 0.4) is 0 Å². The van der Waals surface area contributed by atoms with Crippen LogP contribution in [0.1, 0.15) is 32.8 Å². The first-order valence-corrected chi connectivity index (χ1v) is 9.36. The Bertz CT molecular complexity index is 646. The van der Waals surface area contributed by atoms with Crippen LogP contribution < -0.4 is 9.62 Å². The van der Waals surface area contributed by atoms with E-state index < -0.39 is 16.1 Å². The van der Waals surface area contributed by atoms with E-state index in [0.29, 0.717) is 10.7 Å². The van der Waals surface area contributed by atoms with Gasteiger partial charge in [-0.25, -0.2) is 8.42 Å². The number of hydrogen-bond acceptors (Lipinski definition) is 3. The predicted octanol–water partition coefficient (Wildman–Crippen LogP) is 2.72. The van der Waals surface area contributed by atoms with Crippen LogP contribution in [0, 0.1) is 6.92 Å². The topological polar surface area (TPSA) is 66.5 Å². The van der Waals surface area contributed by atoms with Gasteiger partial charge >= 0.3 is 0 Å². The fourth-order valence-corrected chi connectivity index (χ4v) is 3.46. The molecule has 0 unspecified atom stereocenters. The van der Waals surface area contributed by atoms with Crippen LogP contribution in [0.25, 0.3) is 0 Å². The third kappa shape index (κ3) is 4.61. The molecule has 7 heteroatoms. The molecule has 0 aromatic heterocycles. The summed E-state index contributed by atoms with van der Waals surface area (Å²) in [6, 6.07) is 4.10. The molecule has 0 fully saturated rings. The predicted molar refractivity (Wildman–Crippen MR) is 90.9 cm³/mol. The number of nitrogens with zero attached hydrogens (tertiary/aromatic N) is 1. The highest BCUT2D eigenvalue weighted by molar-refractivity contribution is 7.92. The van der Waals surface area contributed by atoms with Gasteiger partial charge in [0.25, 0.3) is 0 Å². The van der Waals surface area contributed by atoms with Crippen molar-refractivity contribution in [3.63, 3.8) is 0 Å². The van der Waals surface area contributed by atoms with Crippen molar-refractivity contribution in [1.82, 2.24) is 5.32 Å². The van der Waals surface area contributed by atoms with Crippen LogP contribution in [0.5, 0.6) is 0 Å². The van der Waals surface area contributed by atoms with Crippen molar-refractivity contribution in [1.29, 1.82) is 0 Å². The number of hydrogen-bond donors (Lipinski definition) is 1. The molecule has 1 rings (SSSR count). The summed E-state index contributed by atoms with van der Waals surface area (Å²) in [5, 5.41) is 3.23. The van der Waals surface area contributed by atoms with E-state index in [2.05, 4.69) is 5.32 Å². The average molecular weight is 347 g/mol. The smallest absolute Gasteiger partial charge is 0.243 e. The summed E-state index contributed by atoms with van der Waals surface area (Å²) < 4.78 is 25.5. The Morgan fingerprint density at radius 2 is 1.95 bits per heavy atom. The van der Waals surface area contributed by atoms with Crippen LogP contribution in [0.4, 0.5) is 5.69 Å². The first-order valence-electron chi connectivity index (χ1n) is 7.13. The molecule has 2 atom stereocenters. The SMILES string of the molecule is CC[C@@H](C)NC(=O)[C@@H](C)N(c1cc(Cl)ccc1C)S(C)(=O)=O. The maximum Gasteiger partial charge on any atom is 0.243 e. The fraction of sp³-hybridized carbons (Fsp3) is 0.533. The molecule has 0 aliphatic heterocycles. The molecule has 0 saturated carbocycles. The van der Waals surface area contributed by atoms with Gasteiger partial charge in [-0.1, -0.05) is 24.6 Å². The van der Waals surface area contributed by atoms with Crippen molar-refractivity contribution in [3.8, 4) is 0 Å². The number of carbonyl (C=O) groups is 1. The second kappa shape index (κ2) is 7.33. The van der Waals surface area contributed by atoms with Gasteiger partial charge in [0, 0.05) is 11.1 Å². The molecule has 124 valence electrons. The third-order valence-corrected chi connectivity index (χ3v) is 4.96. The van der Waals surface area contributed by atoms with Gasteiger partial charge in [-0.3, -0.25) is 9.10 Å². The Labute approximate surface area is 137 Å². The van der Waals surface area contributed by atoms with Crippen LogP contribution >= 0.6 is 11.6 Å². The molecule has 0 spiro atoms. The Kier molecular flexibility index (Phi) is 6.26. The molecule has 1 amide bonds.